The van der Waals surface area contributed by atoms with Crippen molar-refractivity contribution in [3.63, 3.8) is 0 Å². The second-order valence-electron chi connectivity index (χ2n) is 5.03. The fraction of sp³-hybridized carbons (Fsp3) is 0.235. The molecule has 1 aliphatic heterocycles. The smallest absolute Gasteiger partial charge is 0.196 e. The van der Waals surface area contributed by atoms with Crippen LogP contribution in [0.2, 0.25) is 0 Å². The highest BCUT2D eigenvalue weighted by atomic mass is 19.1. The van der Waals surface area contributed by atoms with Crippen molar-refractivity contribution < 1.29 is 13.9 Å². The zero-order valence-corrected chi connectivity index (χ0v) is 11.2. The Labute approximate surface area is 117 Å². The van der Waals surface area contributed by atoms with Crippen LogP contribution in [0.15, 0.2) is 42.5 Å². The largest absolute Gasteiger partial charge is 0.365 e. The normalized spacial score (nSPS) is 17.6. The van der Waals surface area contributed by atoms with E-state index in [1.807, 2.05) is 24.3 Å². The van der Waals surface area contributed by atoms with Crippen LogP contribution in [0, 0.1) is 12.7 Å². The van der Waals surface area contributed by atoms with Gasteiger partial charge < -0.3 is 4.74 Å². The summed E-state index contributed by atoms with van der Waals surface area (Å²) in [6.45, 7) is 2.19. The minimum absolute atomic E-state index is 0.184. The lowest BCUT2D eigenvalue weighted by molar-refractivity contribution is 0.0348. The number of benzene rings is 2. The number of ether oxygens (including phenoxy) is 1. The zero-order valence-electron chi connectivity index (χ0n) is 11.2. The topological polar surface area (TPSA) is 26.3 Å². The van der Waals surface area contributed by atoms with Crippen molar-refractivity contribution >= 4 is 5.78 Å². The molecule has 0 amide bonds. The van der Waals surface area contributed by atoms with Crippen molar-refractivity contribution in [3.8, 4) is 0 Å². The molecule has 3 rings (SSSR count). The molecular formula is C17H15FO2. The molecule has 1 aliphatic rings. The first-order chi connectivity index (χ1) is 9.66. The van der Waals surface area contributed by atoms with Crippen molar-refractivity contribution in [1.29, 1.82) is 0 Å². The van der Waals surface area contributed by atoms with Crippen LogP contribution in [0.3, 0.4) is 0 Å². The maximum Gasteiger partial charge on any atom is 0.196 e. The molecule has 0 N–H and O–H groups in total. The highest BCUT2D eigenvalue weighted by Gasteiger charge is 2.28. The van der Waals surface area contributed by atoms with Gasteiger partial charge >= 0.3 is 0 Å². The Hall–Kier alpha value is -2.00. The van der Waals surface area contributed by atoms with Crippen LogP contribution in [0.1, 0.15) is 33.2 Å². The Morgan fingerprint density at radius 2 is 2.05 bits per heavy atom. The van der Waals surface area contributed by atoms with Gasteiger partial charge in [0.1, 0.15) is 11.9 Å². The van der Waals surface area contributed by atoms with Gasteiger partial charge in [-0.3, -0.25) is 4.79 Å². The molecule has 1 heterocycles. The van der Waals surface area contributed by atoms with Gasteiger partial charge in [-0.05, 0) is 36.1 Å². The summed E-state index contributed by atoms with van der Waals surface area (Å²) in [5.74, 6) is -0.545. The number of hydrogen-bond acceptors (Lipinski definition) is 2. The van der Waals surface area contributed by atoms with Gasteiger partial charge in [-0.1, -0.05) is 36.4 Å². The SMILES string of the molecule is Cc1ccc(C(=O)C2OCCc3ccccc32)cc1F. The molecule has 0 fully saturated rings. The lowest BCUT2D eigenvalue weighted by atomic mass is 9.92. The summed E-state index contributed by atoms with van der Waals surface area (Å²) in [5, 5.41) is 0. The molecule has 0 bridgehead atoms. The van der Waals surface area contributed by atoms with Crippen molar-refractivity contribution in [2.24, 2.45) is 0 Å². The maximum atomic E-state index is 13.6. The number of carbonyl (C=O) groups excluding carboxylic acids is 1. The van der Waals surface area contributed by atoms with E-state index in [0.29, 0.717) is 17.7 Å². The first kappa shape index (κ1) is 13.0. The minimum Gasteiger partial charge on any atom is -0.365 e. The Balaban J connectivity index is 1.97. The molecule has 2 nitrogen and oxygen atoms in total. The molecule has 1 atom stereocenters. The van der Waals surface area contributed by atoms with E-state index in [1.54, 1.807) is 19.1 Å². The monoisotopic (exact) mass is 270 g/mol. The van der Waals surface area contributed by atoms with E-state index in [0.717, 1.165) is 17.5 Å². The van der Waals surface area contributed by atoms with E-state index in [9.17, 15) is 9.18 Å². The molecule has 0 radical (unpaired) electrons. The molecule has 0 aromatic heterocycles. The molecule has 0 saturated carbocycles. The van der Waals surface area contributed by atoms with Gasteiger partial charge in [0.25, 0.3) is 0 Å². The third-order valence-electron chi connectivity index (χ3n) is 3.69. The summed E-state index contributed by atoms with van der Waals surface area (Å²) >= 11 is 0. The fourth-order valence-corrected chi connectivity index (χ4v) is 2.51. The predicted octanol–water partition coefficient (Wildman–Crippen LogP) is 3.63. The van der Waals surface area contributed by atoms with Gasteiger partial charge in [0.2, 0.25) is 0 Å². The van der Waals surface area contributed by atoms with Gasteiger partial charge in [0.15, 0.2) is 5.78 Å². The number of halogens is 1. The number of Topliss-reactive ketones (excluding diaryl/α,β-unsaturated/α-hetero) is 1. The lowest BCUT2D eigenvalue weighted by Gasteiger charge is -2.25. The van der Waals surface area contributed by atoms with E-state index in [4.69, 9.17) is 4.74 Å². The highest BCUT2D eigenvalue weighted by molar-refractivity contribution is 6.00. The van der Waals surface area contributed by atoms with E-state index in [-0.39, 0.29) is 11.6 Å². The second kappa shape index (κ2) is 5.17. The quantitative estimate of drug-likeness (QED) is 0.779. The number of ketones is 1. The highest BCUT2D eigenvalue weighted by Crippen LogP contribution is 2.30. The standard InChI is InChI=1S/C17H15FO2/c1-11-6-7-13(10-15(11)18)16(19)17-14-5-3-2-4-12(14)8-9-20-17/h2-7,10,17H,8-9H2,1H3. The Morgan fingerprint density at radius 3 is 2.85 bits per heavy atom. The van der Waals surface area contributed by atoms with Crippen molar-refractivity contribution in [2.45, 2.75) is 19.4 Å². The molecule has 0 aliphatic carbocycles. The van der Waals surface area contributed by atoms with Crippen LogP contribution in [-0.4, -0.2) is 12.4 Å². The van der Waals surface area contributed by atoms with Crippen LogP contribution in [0.25, 0.3) is 0 Å². The van der Waals surface area contributed by atoms with Gasteiger partial charge in [0, 0.05) is 5.56 Å². The average molecular weight is 270 g/mol. The molecule has 102 valence electrons. The summed E-state index contributed by atoms with van der Waals surface area (Å²) in [5.41, 5.74) is 2.91. The molecule has 0 saturated heterocycles. The molecule has 3 heteroatoms. The Morgan fingerprint density at radius 1 is 1.25 bits per heavy atom. The number of aryl methyl sites for hydroxylation is 1. The molecular weight excluding hydrogens is 255 g/mol. The first-order valence-corrected chi connectivity index (χ1v) is 6.66. The molecule has 2 aromatic rings. The summed E-state index contributed by atoms with van der Waals surface area (Å²) in [4.78, 5) is 12.5. The Kier molecular flexibility index (Phi) is 3.36. The third kappa shape index (κ3) is 2.25. The van der Waals surface area contributed by atoms with E-state index in [1.165, 1.54) is 6.07 Å². The third-order valence-corrected chi connectivity index (χ3v) is 3.69. The maximum absolute atomic E-state index is 13.6. The zero-order chi connectivity index (χ0) is 14.1. The molecule has 1 unspecified atom stereocenters. The van der Waals surface area contributed by atoms with Gasteiger partial charge in [-0.15, -0.1) is 0 Å². The molecule has 0 spiro atoms. The van der Waals surface area contributed by atoms with Crippen LogP contribution < -0.4 is 0 Å². The Bertz CT molecular complexity index is 664. The number of hydrogen-bond donors (Lipinski definition) is 0. The minimum atomic E-state index is -0.623. The summed E-state index contributed by atoms with van der Waals surface area (Å²) in [6.07, 6.45) is 0.185. The predicted molar refractivity (Wildman–Crippen MR) is 74.3 cm³/mol. The summed E-state index contributed by atoms with van der Waals surface area (Å²) < 4.78 is 19.2. The van der Waals surface area contributed by atoms with Crippen molar-refractivity contribution in [3.05, 3.63) is 70.5 Å². The van der Waals surface area contributed by atoms with Gasteiger partial charge in [-0.25, -0.2) is 4.39 Å². The van der Waals surface area contributed by atoms with Gasteiger partial charge in [0.05, 0.1) is 6.61 Å². The molecule has 20 heavy (non-hydrogen) atoms. The average Bonchev–Trinajstić information content (AvgIpc) is 2.49. The number of rotatable bonds is 2. The van der Waals surface area contributed by atoms with E-state index in [2.05, 4.69) is 0 Å². The number of carbonyl (C=O) groups is 1. The second-order valence-corrected chi connectivity index (χ2v) is 5.03. The van der Waals surface area contributed by atoms with Crippen molar-refractivity contribution in [2.75, 3.05) is 6.61 Å². The van der Waals surface area contributed by atoms with Gasteiger partial charge in [-0.2, -0.15) is 0 Å². The van der Waals surface area contributed by atoms with E-state index < -0.39 is 6.10 Å². The van der Waals surface area contributed by atoms with Crippen LogP contribution in [-0.2, 0) is 11.2 Å². The van der Waals surface area contributed by atoms with Crippen molar-refractivity contribution in [1.82, 2.24) is 0 Å². The first-order valence-electron chi connectivity index (χ1n) is 6.66. The lowest BCUT2D eigenvalue weighted by Crippen LogP contribution is -2.23. The molecule has 2 aromatic carbocycles. The summed E-state index contributed by atoms with van der Waals surface area (Å²) in [7, 11) is 0. The van der Waals surface area contributed by atoms with E-state index >= 15 is 0 Å². The van der Waals surface area contributed by atoms with Crippen LogP contribution >= 0.6 is 0 Å². The van der Waals surface area contributed by atoms with Crippen LogP contribution in [0.5, 0.6) is 0 Å². The summed E-state index contributed by atoms with van der Waals surface area (Å²) in [6, 6.07) is 12.3. The number of fused-ring (bicyclic) bond motifs is 1. The van der Waals surface area contributed by atoms with Crippen LogP contribution in [0.4, 0.5) is 4.39 Å². The fourth-order valence-electron chi connectivity index (χ4n) is 2.51.